The van der Waals surface area contributed by atoms with E-state index in [-0.39, 0.29) is 12.0 Å². The normalized spacial score (nSPS) is 12.5. The molecule has 1 amide bonds. The van der Waals surface area contributed by atoms with Crippen LogP contribution in [-0.4, -0.2) is 28.4 Å². The number of aromatic nitrogens is 2. The lowest BCUT2D eigenvalue weighted by molar-refractivity contribution is 0.186. The first-order valence-electron chi connectivity index (χ1n) is 4.55. The number of hydrogen-bond acceptors (Lipinski definition) is 5. The van der Waals surface area contributed by atoms with Crippen LogP contribution in [0.1, 0.15) is 24.9 Å². The van der Waals surface area contributed by atoms with E-state index in [0.29, 0.717) is 10.1 Å². The van der Waals surface area contributed by atoms with Crippen molar-refractivity contribution in [2.24, 2.45) is 5.92 Å². The Labute approximate surface area is 91.7 Å². The number of nitrogens with one attached hydrogen (secondary N) is 2. The van der Waals surface area contributed by atoms with Gasteiger partial charge in [-0.15, -0.1) is 10.2 Å². The lowest BCUT2D eigenvalue weighted by Crippen LogP contribution is -2.30. The summed E-state index contributed by atoms with van der Waals surface area (Å²) in [6, 6.07) is -0.304. The molecule has 6 nitrogen and oxygen atoms in total. The zero-order chi connectivity index (χ0) is 11.4. The third-order valence-corrected chi connectivity index (χ3v) is 2.89. The van der Waals surface area contributed by atoms with Crippen LogP contribution in [0.3, 0.4) is 0 Å². The highest BCUT2D eigenvalue weighted by Crippen LogP contribution is 2.26. The summed E-state index contributed by atoms with van der Waals surface area (Å²) < 4.78 is 0. The average molecular weight is 230 g/mol. The molecule has 0 unspecified atom stereocenters. The predicted molar refractivity (Wildman–Crippen MR) is 58.2 cm³/mol. The minimum Gasteiger partial charge on any atom is -0.465 e. The van der Waals surface area contributed by atoms with Crippen molar-refractivity contribution in [1.29, 1.82) is 0 Å². The Morgan fingerprint density at radius 3 is 2.53 bits per heavy atom. The number of carbonyl (C=O) groups is 1. The molecule has 3 N–H and O–H groups in total. The molecule has 0 saturated heterocycles. The number of amides is 1. The van der Waals surface area contributed by atoms with Gasteiger partial charge in [0, 0.05) is 7.05 Å². The molecule has 1 aromatic heterocycles. The molecule has 84 valence electrons. The number of rotatable bonds is 4. The van der Waals surface area contributed by atoms with E-state index < -0.39 is 6.09 Å². The number of carboxylic acid groups (broad SMARTS) is 1. The van der Waals surface area contributed by atoms with Crippen LogP contribution in [0.25, 0.3) is 0 Å². The van der Waals surface area contributed by atoms with Crippen molar-refractivity contribution in [2.75, 3.05) is 12.4 Å². The minimum absolute atomic E-state index is 0.138. The second-order valence-corrected chi connectivity index (χ2v) is 4.38. The van der Waals surface area contributed by atoms with E-state index in [1.165, 1.54) is 11.3 Å². The van der Waals surface area contributed by atoms with Crippen molar-refractivity contribution in [2.45, 2.75) is 19.9 Å². The molecule has 0 aromatic carbocycles. The molecular weight excluding hydrogens is 216 g/mol. The molecule has 0 fully saturated rings. The maximum atomic E-state index is 10.6. The second-order valence-electron chi connectivity index (χ2n) is 3.37. The van der Waals surface area contributed by atoms with Gasteiger partial charge in [0.15, 0.2) is 0 Å². The van der Waals surface area contributed by atoms with Gasteiger partial charge in [0.1, 0.15) is 5.01 Å². The molecular formula is C8H14N4O2S. The summed E-state index contributed by atoms with van der Waals surface area (Å²) in [4.78, 5) is 10.6. The van der Waals surface area contributed by atoms with Crippen LogP contribution in [-0.2, 0) is 0 Å². The van der Waals surface area contributed by atoms with E-state index in [4.69, 9.17) is 5.11 Å². The Kier molecular flexibility index (Phi) is 3.84. The molecule has 0 spiro atoms. The molecule has 0 aliphatic carbocycles. The van der Waals surface area contributed by atoms with Crippen molar-refractivity contribution in [3.8, 4) is 0 Å². The number of anilines is 1. The Morgan fingerprint density at radius 2 is 2.13 bits per heavy atom. The van der Waals surface area contributed by atoms with E-state index in [2.05, 4.69) is 20.8 Å². The molecule has 0 saturated carbocycles. The summed E-state index contributed by atoms with van der Waals surface area (Å²) in [6.07, 6.45) is -1.05. The first-order valence-corrected chi connectivity index (χ1v) is 5.37. The molecule has 0 aliphatic heterocycles. The van der Waals surface area contributed by atoms with Gasteiger partial charge < -0.3 is 15.7 Å². The van der Waals surface area contributed by atoms with Gasteiger partial charge in [-0.25, -0.2) is 4.79 Å². The lowest BCUT2D eigenvalue weighted by atomic mass is 10.1. The lowest BCUT2D eigenvalue weighted by Gasteiger charge is -2.17. The van der Waals surface area contributed by atoms with Crippen LogP contribution in [0.15, 0.2) is 0 Å². The fraction of sp³-hybridized carbons (Fsp3) is 0.625. The van der Waals surface area contributed by atoms with Crippen LogP contribution in [0.4, 0.5) is 9.93 Å². The molecule has 1 rings (SSSR count). The van der Waals surface area contributed by atoms with E-state index >= 15 is 0 Å². The van der Waals surface area contributed by atoms with E-state index in [9.17, 15) is 4.79 Å². The first kappa shape index (κ1) is 11.7. The molecule has 1 aromatic rings. The van der Waals surface area contributed by atoms with Crippen molar-refractivity contribution in [1.82, 2.24) is 15.5 Å². The molecule has 0 aliphatic rings. The fourth-order valence-corrected chi connectivity index (χ4v) is 2.03. The Hall–Kier alpha value is -1.37. The smallest absolute Gasteiger partial charge is 0.405 e. The highest BCUT2D eigenvalue weighted by atomic mass is 32.1. The largest absolute Gasteiger partial charge is 0.465 e. The summed E-state index contributed by atoms with van der Waals surface area (Å²) >= 11 is 1.35. The number of nitrogens with zero attached hydrogens (tertiary/aromatic N) is 2. The summed E-state index contributed by atoms with van der Waals surface area (Å²) in [7, 11) is 1.75. The van der Waals surface area contributed by atoms with Gasteiger partial charge in [-0.1, -0.05) is 25.2 Å². The van der Waals surface area contributed by atoms with Gasteiger partial charge in [0.05, 0.1) is 6.04 Å². The quantitative estimate of drug-likeness (QED) is 0.730. The third kappa shape index (κ3) is 3.05. The number of hydrogen-bond donors (Lipinski definition) is 3. The molecule has 1 atom stereocenters. The van der Waals surface area contributed by atoms with Crippen molar-refractivity contribution >= 4 is 22.6 Å². The second kappa shape index (κ2) is 4.92. The van der Waals surface area contributed by atoms with Gasteiger partial charge in [-0.2, -0.15) is 0 Å². The van der Waals surface area contributed by atoms with Gasteiger partial charge in [0.2, 0.25) is 5.13 Å². The van der Waals surface area contributed by atoms with Crippen LogP contribution in [0.5, 0.6) is 0 Å². The standard InChI is InChI=1S/C8H14N4O2S/c1-4(2)5(10-8(13)14)6-11-12-7(9-3)15-6/h4-5,10H,1-3H3,(H,9,12)(H,13,14)/t5-/m0/s1. The summed E-state index contributed by atoms with van der Waals surface area (Å²) in [5.41, 5.74) is 0. The molecule has 15 heavy (non-hydrogen) atoms. The zero-order valence-corrected chi connectivity index (χ0v) is 9.63. The maximum Gasteiger partial charge on any atom is 0.405 e. The predicted octanol–water partition coefficient (Wildman–Crippen LogP) is 1.54. The molecule has 0 radical (unpaired) electrons. The SMILES string of the molecule is CNc1nnc([C@@H](NC(=O)O)C(C)C)s1. The van der Waals surface area contributed by atoms with Gasteiger partial charge in [0.25, 0.3) is 0 Å². The van der Waals surface area contributed by atoms with Gasteiger partial charge in [-0.3, -0.25) is 0 Å². The van der Waals surface area contributed by atoms with E-state index in [1.807, 2.05) is 13.8 Å². The monoisotopic (exact) mass is 230 g/mol. The fourth-order valence-electron chi connectivity index (χ4n) is 1.11. The van der Waals surface area contributed by atoms with Crippen LogP contribution in [0.2, 0.25) is 0 Å². The first-order chi connectivity index (χ1) is 7.04. The van der Waals surface area contributed by atoms with Crippen LogP contribution >= 0.6 is 11.3 Å². The Bertz CT molecular complexity index is 339. The van der Waals surface area contributed by atoms with Gasteiger partial charge >= 0.3 is 6.09 Å². The van der Waals surface area contributed by atoms with E-state index in [0.717, 1.165) is 0 Å². The maximum absolute atomic E-state index is 10.6. The zero-order valence-electron chi connectivity index (χ0n) is 8.81. The minimum atomic E-state index is -1.05. The molecule has 0 bridgehead atoms. The highest BCUT2D eigenvalue weighted by Gasteiger charge is 2.21. The Balaban J connectivity index is 2.83. The van der Waals surface area contributed by atoms with Crippen LogP contribution < -0.4 is 10.6 Å². The average Bonchev–Trinajstić information content (AvgIpc) is 2.61. The van der Waals surface area contributed by atoms with E-state index in [1.54, 1.807) is 7.05 Å². The molecule has 1 heterocycles. The summed E-state index contributed by atoms with van der Waals surface area (Å²) in [6.45, 7) is 3.86. The molecule has 7 heteroatoms. The summed E-state index contributed by atoms with van der Waals surface area (Å²) in [5, 5.41) is 23.2. The van der Waals surface area contributed by atoms with Crippen molar-refractivity contribution in [3.05, 3.63) is 5.01 Å². The summed E-state index contributed by atoms with van der Waals surface area (Å²) in [5.74, 6) is 0.138. The van der Waals surface area contributed by atoms with Crippen molar-refractivity contribution < 1.29 is 9.90 Å². The van der Waals surface area contributed by atoms with Gasteiger partial charge in [-0.05, 0) is 5.92 Å². The van der Waals surface area contributed by atoms with Crippen LogP contribution in [0, 0.1) is 5.92 Å². The third-order valence-electron chi connectivity index (χ3n) is 1.87. The highest BCUT2D eigenvalue weighted by molar-refractivity contribution is 7.15. The van der Waals surface area contributed by atoms with Crippen molar-refractivity contribution in [3.63, 3.8) is 0 Å². The topological polar surface area (TPSA) is 87.1 Å². The Morgan fingerprint density at radius 1 is 1.47 bits per heavy atom.